The lowest BCUT2D eigenvalue weighted by atomic mass is 10.0. The number of ether oxygens (including phenoxy) is 1. The Morgan fingerprint density at radius 3 is 2.73 bits per heavy atom. The first-order chi connectivity index (χ1) is 12.7. The largest absolute Gasteiger partial charge is 0.497 e. The van der Waals surface area contributed by atoms with Crippen LogP contribution < -0.4 is 10.1 Å². The molecule has 0 heterocycles. The van der Waals surface area contributed by atoms with E-state index in [9.17, 15) is 4.79 Å². The second-order valence-corrected chi connectivity index (χ2v) is 6.73. The fraction of sp³-hybridized carbons (Fsp3) is 0.348. The maximum atomic E-state index is 11.7. The second kappa shape index (κ2) is 8.58. The lowest BCUT2D eigenvalue weighted by Crippen LogP contribution is -2.25. The van der Waals surface area contributed by atoms with Gasteiger partial charge in [-0.05, 0) is 60.6 Å². The summed E-state index contributed by atoms with van der Waals surface area (Å²) in [4.78, 5) is 11.7. The van der Waals surface area contributed by atoms with E-state index in [-0.39, 0.29) is 5.91 Å². The number of nitrogens with one attached hydrogen (secondary N) is 1. The summed E-state index contributed by atoms with van der Waals surface area (Å²) in [6.45, 7) is 2.76. The molecule has 0 spiro atoms. The predicted molar refractivity (Wildman–Crippen MR) is 104 cm³/mol. The highest BCUT2D eigenvalue weighted by molar-refractivity contribution is 5.75. The van der Waals surface area contributed by atoms with Gasteiger partial charge in [-0.15, -0.1) is 0 Å². The van der Waals surface area contributed by atoms with Gasteiger partial charge >= 0.3 is 0 Å². The van der Waals surface area contributed by atoms with Gasteiger partial charge in [-0.25, -0.2) is 0 Å². The number of hydrogen-bond acceptors (Lipinski definition) is 2. The molecular weight excluding hydrogens is 322 g/mol. The van der Waals surface area contributed by atoms with Gasteiger partial charge in [-0.1, -0.05) is 37.0 Å². The molecule has 2 unspecified atom stereocenters. The second-order valence-electron chi connectivity index (χ2n) is 6.73. The molecule has 1 saturated carbocycles. The van der Waals surface area contributed by atoms with Gasteiger partial charge in [0, 0.05) is 24.1 Å². The minimum absolute atomic E-state index is 0.146. The van der Waals surface area contributed by atoms with Gasteiger partial charge < -0.3 is 10.1 Å². The molecular formula is C23H25NO2. The Kier molecular flexibility index (Phi) is 5.96. The van der Waals surface area contributed by atoms with Crippen molar-refractivity contribution in [2.75, 3.05) is 13.7 Å². The number of amides is 1. The maximum absolute atomic E-state index is 11.7. The summed E-state index contributed by atoms with van der Waals surface area (Å²) in [6, 6.07) is 16.1. The van der Waals surface area contributed by atoms with E-state index < -0.39 is 0 Å². The molecule has 3 rings (SSSR count). The topological polar surface area (TPSA) is 38.3 Å². The van der Waals surface area contributed by atoms with Gasteiger partial charge in [0.05, 0.1) is 7.11 Å². The SMILES string of the molecule is CCCC(=O)NCC1CC1c1cc(OC)ccc1C#Cc1ccccc1. The zero-order valence-corrected chi connectivity index (χ0v) is 15.4. The zero-order chi connectivity index (χ0) is 18.4. The highest BCUT2D eigenvalue weighted by Gasteiger charge is 2.39. The van der Waals surface area contributed by atoms with Crippen molar-refractivity contribution in [3.8, 4) is 17.6 Å². The Labute approximate surface area is 155 Å². The van der Waals surface area contributed by atoms with E-state index in [1.807, 2.05) is 49.4 Å². The van der Waals surface area contributed by atoms with Crippen LogP contribution >= 0.6 is 0 Å². The van der Waals surface area contributed by atoms with Crippen molar-refractivity contribution in [2.45, 2.75) is 32.1 Å². The summed E-state index contributed by atoms with van der Waals surface area (Å²) >= 11 is 0. The number of hydrogen-bond donors (Lipinski definition) is 1. The van der Waals surface area contributed by atoms with Gasteiger partial charge in [-0.2, -0.15) is 0 Å². The van der Waals surface area contributed by atoms with Gasteiger partial charge in [0.25, 0.3) is 0 Å². The third-order valence-electron chi connectivity index (χ3n) is 4.73. The van der Waals surface area contributed by atoms with Crippen LogP contribution in [0, 0.1) is 17.8 Å². The summed E-state index contributed by atoms with van der Waals surface area (Å²) in [7, 11) is 1.68. The number of rotatable bonds is 6. The molecule has 3 heteroatoms. The van der Waals surface area contributed by atoms with Crippen molar-refractivity contribution in [3.05, 3.63) is 65.2 Å². The van der Waals surface area contributed by atoms with Crippen LogP contribution in [0.5, 0.6) is 5.75 Å². The molecule has 1 N–H and O–H groups in total. The summed E-state index contributed by atoms with van der Waals surface area (Å²) in [5.41, 5.74) is 3.28. The monoisotopic (exact) mass is 347 g/mol. The Morgan fingerprint density at radius 1 is 1.19 bits per heavy atom. The molecule has 0 aromatic heterocycles. The fourth-order valence-corrected chi connectivity index (χ4v) is 3.16. The Bertz CT molecular complexity index is 817. The minimum atomic E-state index is 0.146. The quantitative estimate of drug-likeness (QED) is 0.799. The Morgan fingerprint density at radius 2 is 2.00 bits per heavy atom. The van der Waals surface area contributed by atoms with E-state index in [0.29, 0.717) is 18.3 Å². The van der Waals surface area contributed by atoms with Crippen molar-refractivity contribution < 1.29 is 9.53 Å². The maximum Gasteiger partial charge on any atom is 0.219 e. The van der Waals surface area contributed by atoms with Gasteiger partial charge in [-0.3, -0.25) is 4.79 Å². The van der Waals surface area contributed by atoms with E-state index in [0.717, 1.165) is 36.3 Å². The fourth-order valence-electron chi connectivity index (χ4n) is 3.16. The van der Waals surface area contributed by atoms with Crippen LogP contribution in [0.2, 0.25) is 0 Å². The summed E-state index contributed by atoms with van der Waals surface area (Å²) in [5.74, 6) is 8.48. The summed E-state index contributed by atoms with van der Waals surface area (Å²) in [6.07, 6.45) is 2.57. The molecule has 2 atom stereocenters. The van der Waals surface area contributed by atoms with Crippen LogP contribution in [0.3, 0.4) is 0 Å². The highest BCUT2D eigenvalue weighted by atomic mass is 16.5. The van der Waals surface area contributed by atoms with Crippen LogP contribution in [0.15, 0.2) is 48.5 Å². The smallest absolute Gasteiger partial charge is 0.219 e. The van der Waals surface area contributed by atoms with Crippen LogP contribution in [0.1, 0.15) is 48.8 Å². The van der Waals surface area contributed by atoms with Crippen molar-refractivity contribution in [3.63, 3.8) is 0 Å². The van der Waals surface area contributed by atoms with E-state index in [2.05, 4.69) is 23.2 Å². The van der Waals surface area contributed by atoms with Gasteiger partial charge in [0.15, 0.2) is 0 Å². The average Bonchev–Trinajstić information content (AvgIpc) is 3.45. The van der Waals surface area contributed by atoms with E-state index in [4.69, 9.17) is 4.74 Å². The first-order valence-corrected chi connectivity index (χ1v) is 9.23. The first-order valence-electron chi connectivity index (χ1n) is 9.23. The summed E-state index contributed by atoms with van der Waals surface area (Å²) < 4.78 is 5.40. The van der Waals surface area contributed by atoms with E-state index in [1.54, 1.807) is 7.11 Å². The third-order valence-corrected chi connectivity index (χ3v) is 4.73. The predicted octanol–water partition coefficient (Wildman–Crippen LogP) is 4.11. The van der Waals surface area contributed by atoms with Crippen molar-refractivity contribution in [2.24, 2.45) is 5.92 Å². The van der Waals surface area contributed by atoms with E-state index in [1.165, 1.54) is 5.56 Å². The minimum Gasteiger partial charge on any atom is -0.497 e. The molecule has 1 amide bonds. The van der Waals surface area contributed by atoms with E-state index >= 15 is 0 Å². The van der Waals surface area contributed by atoms with Crippen molar-refractivity contribution >= 4 is 5.91 Å². The Balaban J connectivity index is 1.74. The average molecular weight is 347 g/mol. The van der Waals surface area contributed by atoms with Crippen LogP contribution in [-0.4, -0.2) is 19.6 Å². The number of methoxy groups -OCH3 is 1. The normalized spacial score (nSPS) is 17.8. The molecule has 134 valence electrons. The van der Waals surface area contributed by atoms with Gasteiger partial charge in [0.2, 0.25) is 5.91 Å². The third kappa shape index (κ3) is 4.67. The molecule has 0 saturated heterocycles. The molecule has 1 fully saturated rings. The van der Waals surface area contributed by atoms with Crippen molar-refractivity contribution in [1.29, 1.82) is 0 Å². The lowest BCUT2D eigenvalue weighted by molar-refractivity contribution is -0.121. The molecule has 2 aromatic rings. The van der Waals surface area contributed by atoms with Gasteiger partial charge in [0.1, 0.15) is 5.75 Å². The number of carbonyl (C=O) groups excluding carboxylic acids is 1. The standard InChI is InChI=1S/C23H25NO2/c1-3-7-23(25)24-16-19-14-21(19)22-15-20(26-2)13-12-18(22)11-10-17-8-5-4-6-9-17/h4-6,8-9,12-13,15,19,21H,3,7,14,16H2,1-2H3,(H,24,25). The highest BCUT2D eigenvalue weighted by Crippen LogP contribution is 2.48. The molecule has 2 aromatic carbocycles. The number of carbonyl (C=O) groups is 1. The van der Waals surface area contributed by atoms with Crippen LogP contribution in [0.25, 0.3) is 0 Å². The van der Waals surface area contributed by atoms with Crippen molar-refractivity contribution in [1.82, 2.24) is 5.32 Å². The zero-order valence-electron chi connectivity index (χ0n) is 15.4. The molecule has 0 aliphatic heterocycles. The number of benzene rings is 2. The molecule has 3 nitrogen and oxygen atoms in total. The molecule has 0 bridgehead atoms. The first kappa shape index (κ1) is 18.1. The molecule has 0 radical (unpaired) electrons. The molecule has 1 aliphatic carbocycles. The van der Waals surface area contributed by atoms with Crippen LogP contribution in [0.4, 0.5) is 0 Å². The molecule has 1 aliphatic rings. The molecule has 26 heavy (non-hydrogen) atoms. The van der Waals surface area contributed by atoms with Crippen LogP contribution in [-0.2, 0) is 4.79 Å². The lowest BCUT2D eigenvalue weighted by Gasteiger charge is -2.08. The Hall–Kier alpha value is -2.73. The summed E-state index contributed by atoms with van der Waals surface area (Å²) in [5, 5.41) is 3.04.